The predicted octanol–water partition coefficient (Wildman–Crippen LogP) is 4.27. The summed E-state index contributed by atoms with van der Waals surface area (Å²) in [6.07, 6.45) is 1.72. The van der Waals surface area contributed by atoms with Crippen molar-refractivity contribution >= 4 is 11.6 Å². The smallest absolute Gasteiger partial charge is 0.128 e. The van der Waals surface area contributed by atoms with E-state index in [0.29, 0.717) is 10.6 Å². The SMILES string of the molecule is Cc1ncc2n1-c1ccc(Cl)cc1C(c1ccccc1F)N(O)C2. The highest BCUT2D eigenvalue weighted by atomic mass is 35.5. The molecule has 0 radical (unpaired) electrons. The molecule has 6 heteroatoms. The molecule has 1 atom stereocenters. The van der Waals surface area contributed by atoms with Crippen molar-refractivity contribution in [1.82, 2.24) is 14.6 Å². The zero-order valence-corrected chi connectivity index (χ0v) is 13.7. The molecule has 24 heavy (non-hydrogen) atoms. The van der Waals surface area contributed by atoms with E-state index in [1.165, 1.54) is 6.07 Å². The molecule has 1 aromatic heterocycles. The first-order valence-electron chi connectivity index (χ1n) is 7.59. The van der Waals surface area contributed by atoms with Gasteiger partial charge in [-0.2, -0.15) is 5.06 Å². The molecule has 0 bridgehead atoms. The Labute approximate surface area is 143 Å². The third kappa shape index (κ3) is 2.33. The maximum Gasteiger partial charge on any atom is 0.128 e. The summed E-state index contributed by atoms with van der Waals surface area (Å²) in [5.41, 5.74) is 2.81. The summed E-state index contributed by atoms with van der Waals surface area (Å²) < 4.78 is 16.4. The number of hydrogen-bond acceptors (Lipinski definition) is 3. The number of hydrogen-bond donors (Lipinski definition) is 1. The molecule has 1 aliphatic rings. The van der Waals surface area contributed by atoms with Gasteiger partial charge in [0, 0.05) is 16.1 Å². The van der Waals surface area contributed by atoms with E-state index in [9.17, 15) is 9.60 Å². The lowest BCUT2D eigenvalue weighted by molar-refractivity contribution is -0.126. The molecule has 4 nitrogen and oxygen atoms in total. The van der Waals surface area contributed by atoms with E-state index in [4.69, 9.17) is 11.6 Å². The zero-order chi connectivity index (χ0) is 16.8. The Balaban J connectivity index is 2.02. The molecule has 0 spiro atoms. The third-order valence-corrected chi connectivity index (χ3v) is 4.59. The molecule has 1 unspecified atom stereocenters. The van der Waals surface area contributed by atoms with Crippen LogP contribution < -0.4 is 0 Å². The Morgan fingerprint density at radius 2 is 2.00 bits per heavy atom. The molecule has 0 fully saturated rings. The Morgan fingerprint density at radius 3 is 2.79 bits per heavy atom. The van der Waals surface area contributed by atoms with Gasteiger partial charge in [-0.05, 0) is 31.2 Å². The quantitative estimate of drug-likeness (QED) is 0.717. The number of aryl methyl sites for hydroxylation is 1. The number of fused-ring (bicyclic) bond motifs is 3. The van der Waals surface area contributed by atoms with E-state index in [-0.39, 0.29) is 12.4 Å². The summed E-state index contributed by atoms with van der Waals surface area (Å²) in [7, 11) is 0. The van der Waals surface area contributed by atoms with Gasteiger partial charge < -0.3 is 5.21 Å². The van der Waals surface area contributed by atoms with Crippen LogP contribution in [0.2, 0.25) is 5.02 Å². The number of rotatable bonds is 1. The summed E-state index contributed by atoms with van der Waals surface area (Å²) in [5, 5.41) is 12.4. The van der Waals surface area contributed by atoms with Crippen LogP contribution in [0.25, 0.3) is 5.69 Å². The zero-order valence-electron chi connectivity index (χ0n) is 12.9. The number of hydroxylamine groups is 2. The molecule has 2 aromatic carbocycles. The predicted molar refractivity (Wildman–Crippen MR) is 88.9 cm³/mol. The topological polar surface area (TPSA) is 41.3 Å². The average Bonchev–Trinajstić information content (AvgIpc) is 2.85. The monoisotopic (exact) mass is 343 g/mol. The van der Waals surface area contributed by atoms with Crippen molar-refractivity contribution in [3.05, 3.63) is 82.1 Å². The molecule has 3 aromatic rings. The van der Waals surface area contributed by atoms with Crippen LogP contribution in [0.3, 0.4) is 0 Å². The van der Waals surface area contributed by atoms with Crippen LogP contribution in [0.15, 0.2) is 48.7 Å². The fraction of sp³-hybridized carbons (Fsp3) is 0.167. The summed E-state index contributed by atoms with van der Waals surface area (Å²) >= 11 is 6.19. The lowest BCUT2D eigenvalue weighted by Gasteiger charge is -2.26. The van der Waals surface area contributed by atoms with Gasteiger partial charge in [0.1, 0.15) is 11.6 Å². The van der Waals surface area contributed by atoms with Gasteiger partial charge >= 0.3 is 0 Å². The van der Waals surface area contributed by atoms with Gasteiger partial charge in [-0.15, -0.1) is 0 Å². The van der Waals surface area contributed by atoms with Gasteiger partial charge in [0.2, 0.25) is 0 Å². The van der Waals surface area contributed by atoms with E-state index in [1.807, 2.05) is 17.6 Å². The van der Waals surface area contributed by atoms with E-state index in [0.717, 1.165) is 27.8 Å². The molecule has 0 amide bonds. The second-order valence-corrected chi connectivity index (χ2v) is 6.29. The Kier molecular flexibility index (Phi) is 3.64. The Hall–Kier alpha value is -2.21. The maximum atomic E-state index is 14.4. The molecular weight excluding hydrogens is 329 g/mol. The summed E-state index contributed by atoms with van der Waals surface area (Å²) in [4.78, 5) is 4.33. The van der Waals surface area contributed by atoms with Crippen molar-refractivity contribution in [2.75, 3.05) is 0 Å². The lowest BCUT2D eigenvalue weighted by atomic mass is 9.96. The number of halogens is 2. The van der Waals surface area contributed by atoms with E-state index < -0.39 is 6.04 Å². The Bertz CT molecular complexity index is 924. The van der Waals surface area contributed by atoms with Gasteiger partial charge in [0.05, 0.1) is 30.2 Å². The van der Waals surface area contributed by atoms with E-state index in [1.54, 1.807) is 36.5 Å². The first-order chi connectivity index (χ1) is 11.6. The van der Waals surface area contributed by atoms with Gasteiger partial charge in [-0.25, -0.2) is 9.37 Å². The van der Waals surface area contributed by atoms with Crippen molar-refractivity contribution in [2.24, 2.45) is 0 Å². The second-order valence-electron chi connectivity index (χ2n) is 5.86. The van der Waals surface area contributed by atoms with E-state index >= 15 is 0 Å². The Morgan fingerprint density at radius 1 is 1.21 bits per heavy atom. The van der Waals surface area contributed by atoms with Crippen molar-refractivity contribution in [3.63, 3.8) is 0 Å². The van der Waals surface area contributed by atoms with Gasteiger partial charge in [-0.3, -0.25) is 4.57 Å². The van der Waals surface area contributed by atoms with Gasteiger partial charge in [-0.1, -0.05) is 29.8 Å². The lowest BCUT2D eigenvalue weighted by Crippen LogP contribution is -2.25. The summed E-state index contributed by atoms with van der Waals surface area (Å²) in [6.45, 7) is 2.12. The highest BCUT2D eigenvalue weighted by molar-refractivity contribution is 6.30. The summed E-state index contributed by atoms with van der Waals surface area (Å²) in [5.74, 6) is 0.435. The maximum absolute atomic E-state index is 14.4. The molecule has 1 aliphatic heterocycles. The van der Waals surface area contributed by atoms with Crippen LogP contribution in [-0.2, 0) is 6.54 Å². The fourth-order valence-electron chi connectivity index (χ4n) is 3.32. The van der Waals surface area contributed by atoms with Crippen LogP contribution in [-0.4, -0.2) is 19.8 Å². The largest absolute Gasteiger partial charge is 0.313 e. The van der Waals surface area contributed by atoms with Crippen LogP contribution in [0.1, 0.15) is 28.7 Å². The highest BCUT2D eigenvalue weighted by Gasteiger charge is 2.31. The van der Waals surface area contributed by atoms with Gasteiger partial charge in [0.15, 0.2) is 0 Å². The minimum atomic E-state index is -0.654. The summed E-state index contributed by atoms with van der Waals surface area (Å²) in [6, 6.07) is 11.2. The van der Waals surface area contributed by atoms with Gasteiger partial charge in [0.25, 0.3) is 0 Å². The normalized spacial score (nSPS) is 17.2. The van der Waals surface area contributed by atoms with Crippen LogP contribution >= 0.6 is 11.6 Å². The molecule has 2 heterocycles. The van der Waals surface area contributed by atoms with E-state index in [2.05, 4.69) is 4.98 Å². The van der Waals surface area contributed by atoms with Crippen LogP contribution in [0, 0.1) is 12.7 Å². The van der Waals surface area contributed by atoms with Crippen molar-refractivity contribution in [2.45, 2.75) is 19.5 Å². The van der Waals surface area contributed by atoms with Crippen molar-refractivity contribution in [3.8, 4) is 5.69 Å². The molecular formula is C18H15ClFN3O. The first kappa shape index (κ1) is 15.3. The number of nitrogens with zero attached hydrogens (tertiary/aromatic N) is 3. The number of imidazole rings is 1. The molecule has 0 saturated heterocycles. The number of benzene rings is 2. The number of aromatic nitrogens is 2. The van der Waals surface area contributed by atoms with Crippen LogP contribution in [0.5, 0.6) is 0 Å². The van der Waals surface area contributed by atoms with Crippen molar-refractivity contribution < 1.29 is 9.60 Å². The second kappa shape index (κ2) is 5.70. The highest BCUT2D eigenvalue weighted by Crippen LogP contribution is 2.38. The molecule has 1 N–H and O–H groups in total. The molecule has 0 saturated carbocycles. The first-order valence-corrected chi connectivity index (χ1v) is 7.97. The van der Waals surface area contributed by atoms with Crippen LogP contribution in [0.4, 0.5) is 4.39 Å². The average molecular weight is 344 g/mol. The molecule has 0 aliphatic carbocycles. The molecule has 122 valence electrons. The third-order valence-electron chi connectivity index (χ3n) is 4.36. The standard InChI is InChI=1S/C18H15ClFN3O/c1-11-21-9-13-10-22(24)18(14-4-2-3-5-16(14)20)15-8-12(19)6-7-17(15)23(11)13/h2-9,18,24H,10H2,1H3. The fourth-order valence-corrected chi connectivity index (χ4v) is 3.50. The van der Waals surface area contributed by atoms with Crippen molar-refractivity contribution in [1.29, 1.82) is 0 Å². The minimum Gasteiger partial charge on any atom is -0.313 e. The minimum absolute atomic E-state index is 0.228. The molecule has 4 rings (SSSR count).